The van der Waals surface area contributed by atoms with Gasteiger partial charge in [-0.15, -0.1) is 0 Å². The Morgan fingerprint density at radius 2 is 2.00 bits per heavy atom. The standard InChI is InChI=1S/C13H17Cl2NO2/c1-13(2,3)18-12(17)11(16)7-8-6-9(14)4-5-10(8)15/h4-6,11H,7,16H2,1-3H3/t11-/m1/s1. The van der Waals surface area contributed by atoms with E-state index in [1.807, 2.05) is 0 Å². The van der Waals surface area contributed by atoms with Gasteiger partial charge in [0.25, 0.3) is 0 Å². The predicted molar refractivity (Wildman–Crippen MR) is 74.0 cm³/mol. The molecule has 1 aromatic rings. The number of benzene rings is 1. The van der Waals surface area contributed by atoms with Gasteiger partial charge < -0.3 is 10.5 Å². The highest BCUT2D eigenvalue weighted by molar-refractivity contribution is 6.33. The highest BCUT2D eigenvalue weighted by Crippen LogP contribution is 2.22. The summed E-state index contributed by atoms with van der Waals surface area (Å²) in [6.07, 6.45) is 0.300. The number of rotatable bonds is 3. The highest BCUT2D eigenvalue weighted by Gasteiger charge is 2.23. The van der Waals surface area contributed by atoms with Crippen molar-refractivity contribution in [3.63, 3.8) is 0 Å². The molecule has 2 N–H and O–H groups in total. The zero-order valence-electron chi connectivity index (χ0n) is 10.7. The number of hydrogen-bond donors (Lipinski definition) is 1. The maximum Gasteiger partial charge on any atom is 0.323 e. The van der Waals surface area contributed by atoms with Crippen molar-refractivity contribution >= 4 is 29.2 Å². The molecule has 0 unspecified atom stereocenters. The van der Waals surface area contributed by atoms with E-state index in [2.05, 4.69) is 0 Å². The number of nitrogens with two attached hydrogens (primary N) is 1. The molecular weight excluding hydrogens is 273 g/mol. The van der Waals surface area contributed by atoms with Gasteiger partial charge in [-0.05, 0) is 51.0 Å². The number of esters is 1. The second-order valence-corrected chi connectivity index (χ2v) is 5.92. The van der Waals surface area contributed by atoms with Gasteiger partial charge in [-0.3, -0.25) is 4.79 Å². The van der Waals surface area contributed by atoms with E-state index >= 15 is 0 Å². The highest BCUT2D eigenvalue weighted by atomic mass is 35.5. The minimum atomic E-state index is -0.750. The van der Waals surface area contributed by atoms with Crippen LogP contribution in [-0.2, 0) is 16.0 Å². The first-order chi connectivity index (χ1) is 8.19. The predicted octanol–water partition coefficient (Wildman–Crippen LogP) is 3.20. The minimum absolute atomic E-state index is 0.300. The first-order valence-electron chi connectivity index (χ1n) is 5.61. The van der Waals surface area contributed by atoms with E-state index < -0.39 is 17.6 Å². The lowest BCUT2D eigenvalue weighted by Gasteiger charge is -2.22. The van der Waals surface area contributed by atoms with E-state index in [0.29, 0.717) is 16.5 Å². The molecule has 0 aliphatic carbocycles. The SMILES string of the molecule is CC(C)(C)OC(=O)[C@H](N)Cc1cc(Cl)ccc1Cl. The molecule has 0 saturated carbocycles. The third-order valence-corrected chi connectivity index (χ3v) is 2.76. The molecule has 0 heterocycles. The molecule has 0 spiro atoms. The van der Waals surface area contributed by atoms with Crippen LogP contribution in [0.3, 0.4) is 0 Å². The van der Waals surface area contributed by atoms with Crippen molar-refractivity contribution in [1.82, 2.24) is 0 Å². The van der Waals surface area contributed by atoms with Crippen LogP contribution in [0.4, 0.5) is 0 Å². The van der Waals surface area contributed by atoms with Crippen molar-refractivity contribution in [3.05, 3.63) is 33.8 Å². The molecule has 1 aromatic carbocycles. The molecule has 0 aromatic heterocycles. The van der Waals surface area contributed by atoms with E-state index in [9.17, 15) is 4.79 Å². The number of carbonyl (C=O) groups is 1. The number of ether oxygens (including phenoxy) is 1. The average molecular weight is 290 g/mol. The summed E-state index contributed by atoms with van der Waals surface area (Å²) in [4.78, 5) is 11.7. The third-order valence-electron chi connectivity index (χ3n) is 2.16. The van der Waals surface area contributed by atoms with Crippen molar-refractivity contribution < 1.29 is 9.53 Å². The Bertz CT molecular complexity index is 441. The Morgan fingerprint density at radius 1 is 1.39 bits per heavy atom. The topological polar surface area (TPSA) is 52.3 Å². The summed E-state index contributed by atoms with van der Waals surface area (Å²) in [6, 6.07) is 4.32. The van der Waals surface area contributed by atoms with Gasteiger partial charge in [0, 0.05) is 10.0 Å². The van der Waals surface area contributed by atoms with Gasteiger partial charge in [0.1, 0.15) is 11.6 Å². The second-order valence-electron chi connectivity index (χ2n) is 5.08. The smallest absolute Gasteiger partial charge is 0.323 e. The molecule has 0 radical (unpaired) electrons. The van der Waals surface area contributed by atoms with Crippen LogP contribution in [0.25, 0.3) is 0 Å². The molecule has 0 amide bonds. The average Bonchev–Trinajstić information content (AvgIpc) is 2.21. The first kappa shape index (κ1) is 15.3. The Balaban J connectivity index is 2.72. The molecule has 100 valence electrons. The largest absolute Gasteiger partial charge is 0.459 e. The van der Waals surface area contributed by atoms with Crippen LogP contribution in [0.1, 0.15) is 26.3 Å². The molecule has 0 aliphatic rings. The number of halogens is 2. The summed E-state index contributed by atoms with van der Waals surface area (Å²) < 4.78 is 5.20. The number of hydrogen-bond acceptors (Lipinski definition) is 3. The number of carbonyl (C=O) groups excluding carboxylic acids is 1. The van der Waals surface area contributed by atoms with Gasteiger partial charge in [0.05, 0.1) is 0 Å². The van der Waals surface area contributed by atoms with Gasteiger partial charge in [0.15, 0.2) is 0 Å². The fourth-order valence-corrected chi connectivity index (χ4v) is 1.79. The van der Waals surface area contributed by atoms with E-state index in [-0.39, 0.29) is 0 Å². The normalized spacial score (nSPS) is 13.2. The summed E-state index contributed by atoms with van der Waals surface area (Å²) in [5.41, 5.74) is 5.99. The van der Waals surface area contributed by atoms with Crippen molar-refractivity contribution in [3.8, 4) is 0 Å². The van der Waals surface area contributed by atoms with E-state index in [1.54, 1.807) is 39.0 Å². The molecular formula is C13H17Cl2NO2. The monoisotopic (exact) mass is 289 g/mol. The summed E-state index contributed by atoms with van der Waals surface area (Å²) in [6.45, 7) is 5.39. The van der Waals surface area contributed by atoms with E-state index in [1.165, 1.54) is 0 Å². The summed E-state index contributed by atoms with van der Waals surface area (Å²) in [5.74, 6) is -0.446. The van der Waals surface area contributed by atoms with Crippen LogP contribution < -0.4 is 5.73 Å². The molecule has 5 heteroatoms. The second kappa shape index (κ2) is 5.91. The quantitative estimate of drug-likeness (QED) is 0.870. The summed E-state index contributed by atoms with van der Waals surface area (Å²) >= 11 is 11.9. The first-order valence-corrected chi connectivity index (χ1v) is 6.37. The van der Waals surface area contributed by atoms with E-state index in [4.69, 9.17) is 33.7 Å². The minimum Gasteiger partial charge on any atom is -0.459 e. The molecule has 1 rings (SSSR count). The van der Waals surface area contributed by atoms with Gasteiger partial charge in [0.2, 0.25) is 0 Å². The summed E-state index contributed by atoms with van der Waals surface area (Å²) in [5, 5.41) is 1.10. The Labute approximate surface area is 117 Å². The van der Waals surface area contributed by atoms with Gasteiger partial charge in [-0.1, -0.05) is 23.2 Å². The van der Waals surface area contributed by atoms with E-state index in [0.717, 1.165) is 5.56 Å². The zero-order chi connectivity index (χ0) is 13.9. The van der Waals surface area contributed by atoms with Crippen molar-refractivity contribution in [2.75, 3.05) is 0 Å². The lowest BCUT2D eigenvalue weighted by Crippen LogP contribution is -2.38. The molecule has 18 heavy (non-hydrogen) atoms. The third kappa shape index (κ3) is 4.84. The summed E-state index contributed by atoms with van der Waals surface area (Å²) in [7, 11) is 0. The Morgan fingerprint density at radius 3 is 2.56 bits per heavy atom. The fraction of sp³-hybridized carbons (Fsp3) is 0.462. The fourth-order valence-electron chi connectivity index (χ4n) is 1.40. The Hall–Kier alpha value is -0.770. The zero-order valence-corrected chi connectivity index (χ0v) is 12.2. The van der Waals surface area contributed by atoms with Crippen LogP contribution in [0.15, 0.2) is 18.2 Å². The Kier molecular flexibility index (Phi) is 5.02. The van der Waals surface area contributed by atoms with Crippen LogP contribution in [0.5, 0.6) is 0 Å². The van der Waals surface area contributed by atoms with Crippen LogP contribution in [-0.4, -0.2) is 17.6 Å². The van der Waals surface area contributed by atoms with Crippen LogP contribution >= 0.6 is 23.2 Å². The maximum absolute atomic E-state index is 11.7. The maximum atomic E-state index is 11.7. The van der Waals surface area contributed by atoms with Gasteiger partial charge in [-0.25, -0.2) is 0 Å². The molecule has 0 fully saturated rings. The van der Waals surface area contributed by atoms with Crippen molar-refractivity contribution in [2.45, 2.75) is 38.8 Å². The van der Waals surface area contributed by atoms with Crippen molar-refractivity contribution in [1.29, 1.82) is 0 Å². The molecule has 0 aliphatic heterocycles. The van der Waals surface area contributed by atoms with Crippen LogP contribution in [0.2, 0.25) is 10.0 Å². The lowest BCUT2D eigenvalue weighted by molar-refractivity contribution is -0.156. The molecule has 0 bridgehead atoms. The molecule has 3 nitrogen and oxygen atoms in total. The van der Waals surface area contributed by atoms with Gasteiger partial charge >= 0.3 is 5.97 Å². The van der Waals surface area contributed by atoms with Crippen molar-refractivity contribution in [2.24, 2.45) is 5.73 Å². The lowest BCUT2D eigenvalue weighted by atomic mass is 10.1. The van der Waals surface area contributed by atoms with Crippen LogP contribution in [0, 0.1) is 0 Å². The van der Waals surface area contributed by atoms with Gasteiger partial charge in [-0.2, -0.15) is 0 Å². The molecule has 0 saturated heterocycles. The molecule has 1 atom stereocenters.